The summed E-state index contributed by atoms with van der Waals surface area (Å²) < 4.78 is 0. The van der Waals surface area contributed by atoms with Crippen molar-refractivity contribution in [3.63, 3.8) is 0 Å². The van der Waals surface area contributed by atoms with Gasteiger partial charge < -0.3 is 4.90 Å². The molecule has 1 aromatic heterocycles. The van der Waals surface area contributed by atoms with Crippen LogP contribution in [0.3, 0.4) is 0 Å². The fourth-order valence-corrected chi connectivity index (χ4v) is 3.71. The first-order valence-corrected chi connectivity index (χ1v) is 8.38. The Hall–Kier alpha value is -1.88. The number of carbonyl (C=O) groups is 1. The molecule has 2 aromatic rings. The van der Waals surface area contributed by atoms with Crippen LogP contribution in [-0.4, -0.2) is 27.7 Å². The molecule has 2 heterocycles. The second kappa shape index (κ2) is 6.08. The lowest BCUT2D eigenvalue weighted by atomic mass is 10.1. The summed E-state index contributed by atoms with van der Waals surface area (Å²) in [7, 11) is 0. The molecule has 5 heteroatoms. The smallest absolute Gasteiger partial charge is 0.237 e. The number of hydrogen-bond donors (Lipinski definition) is 0. The van der Waals surface area contributed by atoms with Crippen molar-refractivity contribution in [2.45, 2.75) is 38.4 Å². The third-order valence-electron chi connectivity index (χ3n) is 3.76. The van der Waals surface area contributed by atoms with E-state index in [1.165, 1.54) is 17.3 Å². The molecule has 0 radical (unpaired) electrons. The zero-order chi connectivity index (χ0) is 15.7. The summed E-state index contributed by atoms with van der Waals surface area (Å²) in [4.78, 5) is 23.3. The topological polar surface area (TPSA) is 46.1 Å². The highest BCUT2D eigenvalue weighted by Crippen LogP contribution is 2.32. The lowest BCUT2D eigenvalue weighted by Crippen LogP contribution is -2.37. The number of fused-ring (bicyclic) bond motifs is 1. The lowest BCUT2D eigenvalue weighted by molar-refractivity contribution is -0.116. The van der Waals surface area contributed by atoms with Crippen molar-refractivity contribution in [2.24, 2.45) is 0 Å². The first-order chi connectivity index (χ1) is 10.5. The third-order valence-corrected chi connectivity index (χ3v) is 4.59. The molecule has 0 unspecified atom stereocenters. The highest BCUT2D eigenvalue weighted by atomic mass is 32.2. The number of amides is 1. The normalized spacial score (nSPS) is 16.7. The molecule has 0 bridgehead atoms. The molecule has 0 spiro atoms. The average molecular weight is 313 g/mol. The van der Waals surface area contributed by atoms with Crippen LogP contribution in [0.1, 0.15) is 23.9 Å². The molecule has 0 saturated heterocycles. The monoisotopic (exact) mass is 313 g/mol. The second-order valence-corrected chi connectivity index (χ2v) is 6.61. The molecular weight excluding hydrogens is 294 g/mol. The van der Waals surface area contributed by atoms with Gasteiger partial charge in [0.05, 0.1) is 5.75 Å². The molecule has 0 saturated carbocycles. The number of aryl methyl sites for hydroxylation is 2. The Morgan fingerprint density at radius 2 is 1.95 bits per heavy atom. The van der Waals surface area contributed by atoms with E-state index in [0.29, 0.717) is 10.9 Å². The summed E-state index contributed by atoms with van der Waals surface area (Å²) in [5, 5.41) is 0.672. The number of rotatable bonds is 3. The van der Waals surface area contributed by atoms with E-state index in [1.807, 2.05) is 43.0 Å². The summed E-state index contributed by atoms with van der Waals surface area (Å²) >= 11 is 1.41. The number of hydrogen-bond acceptors (Lipinski definition) is 4. The van der Waals surface area contributed by atoms with Gasteiger partial charge in [0.15, 0.2) is 5.16 Å². The summed E-state index contributed by atoms with van der Waals surface area (Å²) in [5.41, 5.74) is 4.16. The van der Waals surface area contributed by atoms with Crippen LogP contribution in [0.4, 0.5) is 5.69 Å². The minimum Gasteiger partial charge on any atom is -0.308 e. The molecular formula is C17H19N3OS. The Balaban J connectivity index is 1.72. The molecule has 22 heavy (non-hydrogen) atoms. The lowest BCUT2D eigenvalue weighted by Gasteiger charge is -2.22. The van der Waals surface area contributed by atoms with Gasteiger partial charge in [-0.25, -0.2) is 9.97 Å². The molecule has 1 aromatic carbocycles. The molecule has 4 nitrogen and oxygen atoms in total. The number of nitrogens with zero attached hydrogens (tertiary/aromatic N) is 3. The van der Waals surface area contributed by atoms with E-state index >= 15 is 0 Å². The Kier molecular flexibility index (Phi) is 4.16. The number of anilines is 1. The van der Waals surface area contributed by atoms with Gasteiger partial charge >= 0.3 is 0 Å². The predicted molar refractivity (Wildman–Crippen MR) is 89.3 cm³/mol. The zero-order valence-electron chi connectivity index (χ0n) is 13.0. The fourth-order valence-electron chi connectivity index (χ4n) is 2.90. The van der Waals surface area contributed by atoms with Crippen LogP contribution in [0.25, 0.3) is 0 Å². The number of thioether (sulfide) groups is 1. The fraction of sp³-hybridized carbons (Fsp3) is 0.353. The van der Waals surface area contributed by atoms with Gasteiger partial charge in [-0.15, -0.1) is 0 Å². The van der Waals surface area contributed by atoms with Crippen molar-refractivity contribution >= 4 is 23.4 Å². The third kappa shape index (κ3) is 2.99. The van der Waals surface area contributed by atoms with Gasteiger partial charge in [0.2, 0.25) is 5.91 Å². The first kappa shape index (κ1) is 15.0. The Labute approximate surface area is 135 Å². The minimum atomic E-state index is 0.116. The zero-order valence-corrected chi connectivity index (χ0v) is 13.9. The molecule has 3 rings (SSSR count). The first-order valence-electron chi connectivity index (χ1n) is 7.39. The molecule has 1 atom stereocenters. The van der Waals surface area contributed by atoms with Crippen LogP contribution >= 0.6 is 11.8 Å². The minimum absolute atomic E-state index is 0.116. The van der Waals surface area contributed by atoms with Crippen molar-refractivity contribution in [3.8, 4) is 0 Å². The molecule has 114 valence electrons. The maximum atomic E-state index is 12.6. The molecule has 1 amide bonds. The van der Waals surface area contributed by atoms with E-state index < -0.39 is 0 Å². The van der Waals surface area contributed by atoms with Crippen LogP contribution < -0.4 is 4.90 Å². The van der Waals surface area contributed by atoms with E-state index in [1.54, 1.807) is 0 Å². The molecule has 0 fully saturated rings. The Bertz CT molecular complexity index is 697. The summed E-state index contributed by atoms with van der Waals surface area (Å²) in [6.07, 6.45) is 0.923. The predicted octanol–water partition coefficient (Wildman–Crippen LogP) is 3.16. The molecule has 0 N–H and O–H groups in total. The summed E-state index contributed by atoms with van der Waals surface area (Å²) in [5.74, 6) is 0.479. The van der Waals surface area contributed by atoms with Crippen LogP contribution in [0.15, 0.2) is 35.5 Å². The van der Waals surface area contributed by atoms with Crippen molar-refractivity contribution in [1.29, 1.82) is 0 Å². The van der Waals surface area contributed by atoms with Crippen molar-refractivity contribution in [2.75, 3.05) is 10.7 Å². The van der Waals surface area contributed by atoms with Crippen molar-refractivity contribution < 1.29 is 4.79 Å². The van der Waals surface area contributed by atoms with Crippen molar-refractivity contribution in [3.05, 3.63) is 47.3 Å². The van der Waals surface area contributed by atoms with E-state index in [0.717, 1.165) is 23.5 Å². The van der Waals surface area contributed by atoms with Crippen LogP contribution in [0.2, 0.25) is 0 Å². The maximum absolute atomic E-state index is 12.6. The summed E-state index contributed by atoms with van der Waals surface area (Å²) in [6, 6.07) is 10.3. The Morgan fingerprint density at radius 1 is 1.27 bits per heavy atom. The van der Waals surface area contributed by atoms with Gasteiger partial charge in [-0.2, -0.15) is 0 Å². The van der Waals surface area contributed by atoms with Crippen LogP contribution in [-0.2, 0) is 11.2 Å². The van der Waals surface area contributed by atoms with Gasteiger partial charge in [0.25, 0.3) is 0 Å². The summed E-state index contributed by atoms with van der Waals surface area (Å²) in [6.45, 7) is 5.98. The van der Waals surface area contributed by atoms with Gasteiger partial charge in [-0.05, 0) is 44.9 Å². The number of carbonyl (C=O) groups excluding carboxylic acids is 1. The number of aromatic nitrogens is 2. The quantitative estimate of drug-likeness (QED) is 0.645. The largest absolute Gasteiger partial charge is 0.308 e. The van der Waals surface area contributed by atoms with E-state index in [2.05, 4.69) is 23.0 Å². The average Bonchev–Trinajstić information content (AvgIpc) is 2.79. The van der Waals surface area contributed by atoms with Gasteiger partial charge in [0.1, 0.15) is 0 Å². The highest BCUT2D eigenvalue weighted by molar-refractivity contribution is 7.99. The van der Waals surface area contributed by atoms with E-state index in [-0.39, 0.29) is 11.9 Å². The second-order valence-electron chi connectivity index (χ2n) is 5.67. The van der Waals surface area contributed by atoms with Crippen LogP contribution in [0, 0.1) is 13.8 Å². The molecule has 0 aliphatic carbocycles. The van der Waals surface area contributed by atoms with Gasteiger partial charge in [-0.3, -0.25) is 4.79 Å². The van der Waals surface area contributed by atoms with Crippen molar-refractivity contribution in [1.82, 2.24) is 9.97 Å². The molecule has 1 aliphatic rings. The molecule has 1 aliphatic heterocycles. The highest BCUT2D eigenvalue weighted by Gasteiger charge is 2.30. The van der Waals surface area contributed by atoms with Gasteiger partial charge in [0, 0.05) is 23.1 Å². The SMILES string of the molecule is Cc1cc(C)nc(SCC(=O)N2c3ccccc3C[C@@H]2C)n1. The number of benzene rings is 1. The Morgan fingerprint density at radius 3 is 2.68 bits per heavy atom. The van der Waals surface area contributed by atoms with Crippen LogP contribution in [0.5, 0.6) is 0 Å². The standard InChI is InChI=1S/C17H19N3OS/c1-11-8-12(2)19-17(18-11)22-10-16(21)20-13(3)9-14-6-4-5-7-15(14)20/h4-8,13H,9-10H2,1-3H3/t13-/m0/s1. The maximum Gasteiger partial charge on any atom is 0.237 e. The van der Waals surface area contributed by atoms with Gasteiger partial charge in [-0.1, -0.05) is 30.0 Å². The van der Waals surface area contributed by atoms with E-state index in [9.17, 15) is 4.79 Å². The number of para-hydroxylation sites is 1. The van der Waals surface area contributed by atoms with E-state index in [4.69, 9.17) is 0 Å².